The molecule has 0 aromatic heterocycles. The second-order valence-electron chi connectivity index (χ2n) is 2.37. The van der Waals surface area contributed by atoms with E-state index in [1.165, 1.54) is 13.0 Å². The molecule has 0 fully saturated rings. The molecule has 1 aromatic carbocycles. The number of nitriles is 1. The summed E-state index contributed by atoms with van der Waals surface area (Å²) in [6, 6.07) is 1.44. The molecule has 0 aliphatic carbocycles. The highest BCUT2D eigenvalue weighted by molar-refractivity contribution is 9.10. The summed E-state index contributed by atoms with van der Waals surface area (Å²) >= 11 is 2.81. The fourth-order valence-corrected chi connectivity index (χ4v) is 1.29. The quantitative estimate of drug-likeness (QED) is 0.512. The zero-order chi connectivity index (χ0) is 10.2. The predicted octanol–water partition coefficient (Wildman–Crippen LogP) is 3.05. The topological polar surface area (TPSA) is 23.8 Å². The molecule has 0 spiro atoms. The normalized spacial score (nSPS) is 9.85. The van der Waals surface area contributed by atoms with Gasteiger partial charge in [-0.25, -0.2) is 13.2 Å². The predicted molar refractivity (Wildman–Crippen MR) is 43.5 cm³/mol. The van der Waals surface area contributed by atoms with Gasteiger partial charge in [-0.1, -0.05) is 0 Å². The molecule has 0 aliphatic rings. The molecule has 0 amide bonds. The Morgan fingerprint density at radius 1 is 1.15 bits per heavy atom. The molecule has 0 unspecified atom stereocenters. The number of nitrogens with zero attached hydrogens (tertiary/aromatic N) is 1. The van der Waals surface area contributed by atoms with Gasteiger partial charge in [0.15, 0.2) is 17.5 Å². The smallest absolute Gasteiger partial charge is 0.196 e. The molecule has 1 nitrogen and oxygen atoms in total. The van der Waals surface area contributed by atoms with Crippen molar-refractivity contribution in [3.8, 4) is 6.07 Å². The Morgan fingerprint density at radius 2 is 1.69 bits per heavy atom. The van der Waals surface area contributed by atoms with Crippen molar-refractivity contribution in [1.29, 1.82) is 5.26 Å². The van der Waals surface area contributed by atoms with Crippen LogP contribution >= 0.6 is 15.9 Å². The van der Waals surface area contributed by atoms with Gasteiger partial charge in [-0.3, -0.25) is 0 Å². The number of benzene rings is 1. The van der Waals surface area contributed by atoms with Crippen LogP contribution in [0.1, 0.15) is 11.1 Å². The summed E-state index contributed by atoms with van der Waals surface area (Å²) < 4.78 is 38.3. The van der Waals surface area contributed by atoms with Gasteiger partial charge >= 0.3 is 0 Å². The van der Waals surface area contributed by atoms with Gasteiger partial charge in [0.1, 0.15) is 11.6 Å². The summed E-state index contributed by atoms with van der Waals surface area (Å²) in [7, 11) is 0. The third kappa shape index (κ3) is 1.42. The lowest BCUT2D eigenvalue weighted by Gasteiger charge is -2.04. The summed E-state index contributed by atoms with van der Waals surface area (Å²) in [6.45, 7) is 1.25. The average Bonchev–Trinajstić information content (AvgIpc) is 2.13. The first-order chi connectivity index (χ1) is 6.00. The fraction of sp³-hybridized carbons (Fsp3) is 0.125. The highest BCUT2D eigenvalue weighted by Gasteiger charge is 2.20. The van der Waals surface area contributed by atoms with Crippen LogP contribution in [0.15, 0.2) is 4.47 Å². The van der Waals surface area contributed by atoms with E-state index in [4.69, 9.17) is 5.26 Å². The van der Waals surface area contributed by atoms with Gasteiger partial charge < -0.3 is 0 Å². The Bertz CT molecular complexity index is 380. The molecule has 13 heavy (non-hydrogen) atoms. The molecule has 1 aromatic rings. The van der Waals surface area contributed by atoms with Crippen molar-refractivity contribution in [3.05, 3.63) is 33.1 Å². The summed E-state index contributed by atoms with van der Waals surface area (Å²) in [5.41, 5.74) is -0.633. The summed E-state index contributed by atoms with van der Waals surface area (Å²) in [5, 5.41) is 8.43. The van der Waals surface area contributed by atoms with E-state index in [0.29, 0.717) is 0 Å². The van der Waals surface area contributed by atoms with Crippen LogP contribution in [0.2, 0.25) is 0 Å². The van der Waals surface area contributed by atoms with Crippen LogP contribution in [0.4, 0.5) is 13.2 Å². The van der Waals surface area contributed by atoms with E-state index in [0.717, 1.165) is 0 Å². The van der Waals surface area contributed by atoms with E-state index >= 15 is 0 Å². The van der Waals surface area contributed by atoms with E-state index in [9.17, 15) is 13.2 Å². The standard InChI is InChI=1S/C8H3BrF3N/c1-3-5(9)4(2-13)7(11)8(12)6(3)10/h1H3. The summed E-state index contributed by atoms with van der Waals surface area (Å²) in [5.74, 6) is -4.35. The van der Waals surface area contributed by atoms with E-state index in [-0.39, 0.29) is 10.0 Å². The SMILES string of the molecule is Cc1c(F)c(F)c(F)c(C#N)c1Br. The third-order valence-corrected chi connectivity index (χ3v) is 2.59. The second-order valence-corrected chi connectivity index (χ2v) is 3.16. The molecule has 0 radical (unpaired) electrons. The highest BCUT2D eigenvalue weighted by Crippen LogP contribution is 2.28. The van der Waals surface area contributed by atoms with Gasteiger partial charge in [-0.2, -0.15) is 5.26 Å². The van der Waals surface area contributed by atoms with E-state index in [1.807, 2.05) is 0 Å². The molecule has 0 bridgehead atoms. The second kappa shape index (κ2) is 3.38. The molecule has 0 atom stereocenters. The van der Waals surface area contributed by atoms with Crippen LogP contribution < -0.4 is 0 Å². The minimum atomic E-state index is -1.61. The Labute approximate surface area is 80.9 Å². The van der Waals surface area contributed by atoms with Crippen LogP contribution in [-0.2, 0) is 0 Å². The first-order valence-electron chi connectivity index (χ1n) is 3.23. The van der Waals surface area contributed by atoms with Crippen LogP contribution in [0.25, 0.3) is 0 Å². The maximum Gasteiger partial charge on any atom is 0.196 e. The largest absolute Gasteiger partial charge is 0.203 e. The molecule has 5 heteroatoms. The number of rotatable bonds is 0. The van der Waals surface area contributed by atoms with Gasteiger partial charge in [0.05, 0.1) is 0 Å². The molecule has 0 aliphatic heterocycles. The maximum atomic E-state index is 12.8. The van der Waals surface area contributed by atoms with E-state index < -0.39 is 23.0 Å². The monoisotopic (exact) mass is 249 g/mol. The molecule has 0 N–H and O–H groups in total. The maximum absolute atomic E-state index is 12.8. The van der Waals surface area contributed by atoms with Gasteiger partial charge in [0, 0.05) is 10.0 Å². The van der Waals surface area contributed by atoms with Crippen molar-refractivity contribution in [2.24, 2.45) is 0 Å². The fourth-order valence-electron chi connectivity index (χ4n) is 0.849. The Kier molecular flexibility index (Phi) is 2.62. The summed E-state index contributed by atoms with van der Waals surface area (Å²) in [4.78, 5) is 0. The van der Waals surface area contributed by atoms with E-state index in [2.05, 4.69) is 15.9 Å². The highest BCUT2D eigenvalue weighted by atomic mass is 79.9. The van der Waals surface area contributed by atoms with Crippen molar-refractivity contribution >= 4 is 15.9 Å². The van der Waals surface area contributed by atoms with Crippen LogP contribution in [0.5, 0.6) is 0 Å². The van der Waals surface area contributed by atoms with Gasteiger partial charge in [0.25, 0.3) is 0 Å². The van der Waals surface area contributed by atoms with Crippen LogP contribution in [-0.4, -0.2) is 0 Å². The third-order valence-electron chi connectivity index (χ3n) is 1.59. The Balaban J connectivity index is 3.69. The zero-order valence-electron chi connectivity index (χ0n) is 6.46. The number of hydrogen-bond donors (Lipinski definition) is 0. The molecule has 0 heterocycles. The first-order valence-corrected chi connectivity index (χ1v) is 4.02. The lowest BCUT2D eigenvalue weighted by atomic mass is 10.1. The first kappa shape index (κ1) is 10.1. The van der Waals surface area contributed by atoms with Crippen LogP contribution in [0.3, 0.4) is 0 Å². The average molecular weight is 250 g/mol. The van der Waals surface area contributed by atoms with E-state index in [1.54, 1.807) is 0 Å². The lowest BCUT2D eigenvalue weighted by Crippen LogP contribution is -2.00. The molecule has 68 valence electrons. The van der Waals surface area contributed by atoms with Crippen LogP contribution in [0, 0.1) is 35.7 Å². The summed E-state index contributed by atoms with van der Waals surface area (Å²) in [6.07, 6.45) is 0. The van der Waals surface area contributed by atoms with Gasteiger partial charge in [-0.15, -0.1) is 0 Å². The van der Waals surface area contributed by atoms with Gasteiger partial charge in [-0.05, 0) is 22.9 Å². The molecular weight excluding hydrogens is 247 g/mol. The van der Waals surface area contributed by atoms with Crippen molar-refractivity contribution in [2.45, 2.75) is 6.92 Å². The van der Waals surface area contributed by atoms with Crippen molar-refractivity contribution in [3.63, 3.8) is 0 Å². The molecule has 0 saturated carbocycles. The molecular formula is C8H3BrF3N. The number of halogens is 4. The lowest BCUT2D eigenvalue weighted by molar-refractivity contribution is 0.441. The minimum absolute atomic E-state index is 0.0496. The van der Waals surface area contributed by atoms with Gasteiger partial charge in [0.2, 0.25) is 0 Å². The van der Waals surface area contributed by atoms with Crippen molar-refractivity contribution < 1.29 is 13.2 Å². The molecule has 1 rings (SSSR count). The Hall–Kier alpha value is -1.02. The molecule has 0 saturated heterocycles. The van der Waals surface area contributed by atoms with Crippen molar-refractivity contribution in [1.82, 2.24) is 0 Å². The van der Waals surface area contributed by atoms with Crippen molar-refractivity contribution in [2.75, 3.05) is 0 Å². The number of hydrogen-bond acceptors (Lipinski definition) is 1. The zero-order valence-corrected chi connectivity index (χ0v) is 8.05. The minimum Gasteiger partial charge on any atom is -0.203 e. The Morgan fingerprint density at radius 3 is 2.15 bits per heavy atom.